The smallest absolute Gasteiger partial charge is 0.237 e. The molecule has 0 aromatic carbocycles. The quantitative estimate of drug-likeness (QED) is 0.658. The minimum atomic E-state index is -0.646. The second-order valence-corrected chi connectivity index (χ2v) is 5.15. The van der Waals surface area contributed by atoms with E-state index in [1.807, 2.05) is 0 Å². The summed E-state index contributed by atoms with van der Waals surface area (Å²) in [6.45, 7) is 1.35. The zero-order valence-electron chi connectivity index (χ0n) is 9.80. The van der Waals surface area contributed by atoms with Crippen LogP contribution in [0, 0.1) is 0 Å². The summed E-state index contributed by atoms with van der Waals surface area (Å²) in [5, 5.41) is 16.3. The van der Waals surface area contributed by atoms with Crippen molar-refractivity contribution in [2.24, 2.45) is 0 Å². The first kappa shape index (κ1) is 11.9. The molecule has 16 heavy (non-hydrogen) atoms. The Morgan fingerprint density at radius 2 is 2.06 bits per heavy atom. The number of rotatable bonds is 3. The second-order valence-electron chi connectivity index (χ2n) is 5.15. The molecule has 3 N–H and O–H groups in total. The third kappa shape index (κ3) is 2.95. The highest BCUT2D eigenvalue weighted by atomic mass is 16.3. The molecule has 92 valence electrons. The first-order valence-electron chi connectivity index (χ1n) is 6.43. The molecule has 4 heteroatoms. The molecule has 0 bridgehead atoms. The Morgan fingerprint density at radius 1 is 1.31 bits per heavy atom. The molecule has 0 aromatic rings. The Morgan fingerprint density at radius 3 is 2.69 bits per heavy atom. The SMILES string of the molecule is O=C(NCC1(O)CCCCC1)C1CCCN1. The summed E-state index contributed by atoms with van der Waals surface area (Å²) in [7, 11) is 0. The summed E-state index contributed by atoms with van der Waals surface area (Å²) in [5.41, 5.74) is -0.646. The van der Waals surface area contributed by atoms with Crippen molar-refractivity contribution in [2.75, 3.05) is 13.1 Å². The summed E-state index contributed by atoms with van der Waals surface area (Å²) in [6.07, 6.45) is 7.01. The second kappa shape index (κ2) is 5.15. The van der Waals surface area contributed by atoms with Crippen LogP contribution in [0.15, 0.2) is 0 Å². The highest BCUT2D eigenvalue weighted by Gasteiger charge is 2.31. The monoisotopic (exact) mass is 226 g/mol. The Balaban J connectivity index is 1.75. The van der Waals surface area contributed by atoms with E-state index in [0.717, 1.165) is 45.1 Å². The van der Waals surface area contributed by atoms with E-state index in [-0.39, 0.29) is 11.9 Å². The van der Waals surface area contributed by atoms with Crippen LogP contribution >= 0.6 is 0 Å². The van der Waals surface area contributed by atoms with Crippen molar-refractivity contribution < 1.29 is 9.90 Å². The van der Waals surface area contributed by atoms with Gasteiger partial charge in [-0.15, -0.1) is 0 Å². The molecule has 1 atom stereocenters. The van der Waals surface area contributed by atoms with Crippen molar-refractivity contribution >= 4 is 5.91 Å². The van der Waals surface area contributed by atoms with Crippen molar-refractivity contribution in [3.63, 3.8) is 0 Å². The van der Waals surface area contributed by atoms with Gasteiger partial charge < -0.3 is 15.7 Å². The van der Waals surface area contributed by atoms with Crippen molar-refractivity contribution in [3.8, 4) is 0 Å². The lowest BCUT2D eigenvalue weighted by atomic mass is 9.85. The molecule has 0 radical (unpaired) electrons. The van der Waals surface area contributed by atoms with Gasteiger partial charge in [0.15, 0.2) is 0 Å². The van der Waals surface area contributed by atoms with Crippen LogP contribution in [0.2, 0.25) is 0 Å². The number of carbonyl (C=O) groups is 1. The predicted molar refractivity (Wildman–Crippen MR) is 62.1 cm³/mol. The Bertz CT molecular complexity index is 243. The highest BCUT2D eigenvalue weighted by molar-refractivity contribution is 5.82. The maximum atomic E-state index is 11.7. The Kier molecular flexibility index (Phi) is 3.82. The lowest BCUT2D eigenvalue weighted by molar-refractivity contribution is -0.124. The van der Waals surface area contributed by atoms with Gasteiger partial charge in [-0.2, -0.15) is 0 Å². The van der Waals surface area contributed by atoms with Gasteiger partial charge >= 0.3 is 0 Å². The summed E-state index contributed by atoms with van der Waals surface area (Å²) in [6, 6.07) is -0.0350. The number of aliphatic hydroxyl groups is 1. The average molecular weight is 226 g/mol. The van der Waals surface area contributed by atoms with Crippen molar-refractivity contribution in [2.45, 2.75) is 56.6 Å². The molecule has 1 aliphatic heterocycles. The van der Waals surface area contributed by atoms with Gasteiger partial charge in [0.2, 0.25) is 5.91 Å². The number of nitrogens with one attached hydrogen (secondary N) is 2. The van der Waals surface area contributed by atoms with Crippen LogP contribution in [0.4, 0.5) is 0 Å². The van der Waals surface area contributed by atoms with E-state index in [1.54, 1.807) is 0 Å². The molecule has 1 aliphatic carbocycles. The number of hydrogen-bond acceptors (Lipinski definition) is 3. The lowest BCUT2D eigenvalue weighted by Crippen LogP contribution is -2.48. The normalized spacial score (nSPS) is 28.9. The summed E-state index contributed by atoms with van der Waals surface area (Å²) in [4.78, 5) is 11.7. The summed E-state index contributed by atoms with van der Waals surface area (Å²) < 4.78 is 0. The third-order valence-electron chi connectivity index (χ3n) is 3.75. The standard InChI is InChI=1S/C12H22N2O2/c15-11(10-5-4-8-13-10)14-9-12(16)6-2-1-3-7-12/h10,13,16H,1-9H2,(H,14,15). The molecular weight excluding hydrogens is 204 g/mol. The van der Waals surface area contributed by atoms with Crippen molar-refractivity contribution in [1.82, 2.24) is 10.6 Å². The third-order valence-corrected chi connectivity index (χ3v) is 3.75. The van der Waals surface area contributed by atoms with E-state index in [9.17, 15) is 9.90 Å². The van der Waals surface area contributed by atoms with Gasteiger partial charge in [-0.3, -0.25) is 4.79 Å². The molecule has 2 fully saturated rings. The van der Waals surface area contributed by atoms with E-state index in [2.05, 4.69) is 10.6 Å². The van der Waals surface area contributed by atoms with Gasteiger partial charge in [-0.1, -0.05) is 19.3 Å². The van der Waals surface area contributed by atoms with E-state index >= 15 is 0 Å². The van der Waals surface area contributed by atoms with Crippen LogP contribution in [0.1, 0.15) is 44.9 Å². The van der Waals surface area contributed by atoms with Gasteiger partial charge in [0, 0.05) is 6.54 Å². The average Bonchev–Trinajstić information content (AvgIpc) is 2.80. The minimum absolute atomic E-state index is 0.0350. The van der Waals surface area contributed by atoms with E-state index in [0.29, 0.717) is 6.54 Å². The molecule has 2 rings (SSSR count). The summed E-state index contributed by atoms with van der Waals surface area (Å²) >= 11 is 0. The fraction of sp³-hybridized carbons (Fsp3) is 0.917. The zero-order chi connectivity index (χ0) is 11.4. The van der Waals surface area contributed by atoms with Crippen LogP contribution < -0.4 is 10.6 Å². The molecule has 1 amide bonds. The molecule has 4 nitrogen and oxygen atoms in total. The minimum Gasteiger partial charge on any atom is -0.388 e. The molecule has 1 saturated heterocycles. The van der Waals surface area contributed by atoms with Gasteiger partial charge in [0.1, 0.15) is 0 Å². The Hall–Kier alpha value is -0.610. The van der Waals surface area contributed by atoms with Gasteiger partial charge in [-0.05, 0) is 32.2 Å². The van der Waals surface area contributed by atoms with Gasteiger partial charge in [-0.25, -0.2) is 0 Å². The molecule has 1 heterocycles. The fourth-order valence-corrected chi connectivity index (χ4v) is 2.67. The first-order chi connectivity index (χ1) is 7.70. The van der Waals surface area contributed by atoms with Crippen molar-refractivity contribution in [1.29, 1.82) is 0 Å². The molecule has 1 saturated carbocycles. The maximum Gasteiger partial charge on any atom is 0.237 e. The lowest BCUT2D eigenvalue weighted by Gasteiger charge is -2.32. The maximum absolute atomic E-state index is 11.7. The fourth-order valence-electron chi connectivity index (χ4n) is 2.67. The Labute approximate surface area is 96.8 Å². The number of amides is 1. The molecule has 2 aliphatic rings. The van der Waals surface area contributed by atoms with Crippen LogP contribution in [-0.2, 0) is 4.79 Å². The molecular formula is C12H22N2O2. The van der Waals surface area contributed by atoms with Gasteiger partial charge in [0.25, 0.3) is 0 Å². The van der Waals surface area contributed by atoms with E-state index in [4.69, 9.17) is 0 Å². The van der Waals surface area contributed by atoms with E-state index in [1.165, 1.54) is 6.42 Å². The first-order valence-corrected chi connectivity index (χ1v) is 6.43. The number of carbonyl (C=O) groups excluding carboxylic acids is 1. The predicted octanol–water partition coefficient (Wildman–Crippen LogP) is 0.550. The number of hydrogen-bond donors (Lipinski definition) is 3. The van der Waals surface area contributed by atoms with Crippen LogP contribution in [0.5, 0.6) is 0 Å². The van der Waals surface area contributed by atoms with Gasteiger partial charge in [0.05, 0.1) is 11.6 Å². The van der Waals surface area contributed by atoms with E-state index < -0.39 is 5.60 Å². The van der Waals surface area contributed by atoms with Crippen molar-refractivity contribution in [3.05, 3.63) is 0 Å². The summed E-state index contributed by atoms with van der Waals surface area (Å²) in [5.74, 6) is 0.0523. The van der Waals surface area contributed by atoms with Crippen LogP contribution in [-0.4, -0.2) is 35.7 Å². The largest absolute Gasteiger partial charge is 0.388 e. The molecule has 0 spiro atoms. The molecule has 0 aromatic heterocycles. The highest BCUT2D eigenvalue weighted by Crippen LogP contribution is 2.27. The van der Waals surface area contributed by atoms with Crippen LogP contribution in [0.3, 0.4) is 0 Å². The topological polar surface area (TPSA) is 61.4 Å². The molecule has 1 unspecified atom stereocenters. The zero-order valence-corrected chi connectivity index (χ0v) is 9.80. The van der Waals surface area contributed by atoms with Crippen LogP contribution in [0.25, 0.3) is 0 Å².